The Bertz CT molecular complexity index is 1090. The molecular weight excluding hydrogens is 379 g/mol. The molecule has 1 aliphatic heterocycles. The summed E-state index contributed by atoms with van der Waals surface area (Å²) in [5.41, 5.74) is 0.685. The van der Waals surface area contributed by atoms with Gasteiger partial charge >= 0.3 is 11.6 Å². The third kappa shape index (κ3) is 2.55. The normalized spacial score (nSPS) is 18.4. The lowest BCUT2D eigenvalue weighted by Gasteiger charge is -2.17. The number of methoxy groups -OCH3 is 1. The Morgan fingerprint density at radius 3 is 2.62 bits per heavy atom. The van der Waals surface area contributed by atoms with Gasteiger partial charge in [0.05, 0.1) is 34.0 Å². The number of para-hydroxylation sites is 1. The van der Waals surface area contributed by atoms with E-state index in [1.165, 1.54) is 7.11 Å². The van der Waals surface area contributed by atoms with Gasteiger partial charge in [-0.25, -0.2) is 9.59 Å². The van der Waals surface area contributed by atoms with Crippen LogP contribution in [-0.4, -0.2) is 19.2 Å². The number of fused-ring (bicyclic) bond motifs is 3. The largest absolute Gasteiger partial charge is 0.476 e. The van der Waals surface area contributed by atoms with E-state index < -0.39 is 23.6 Å². The van der Waals surface area contributed by atoms with Crippen LogP contribution in [0, 0.1) is 0 Å². The molecule has 0 unspecified atom stereocenters. The molecule has 4 rings (SSSR count). The standard InChI is InChI=1S/C19H12Cl2O5/c1-24-19(23)17-14(9-6-7-11(20)12(21)8-9)15-16(26-17)10-4-2-3-5-13(10)25-18(15)22/h2-8,14,17H,1H3/t14-,17+/m0/s1. The lowest BCUT2D eigenvalue weighted by Crippen LogP contribution is -2.31. The van der Waals surface area contributed by atoms with Crippen LogP contribution in [0.2, 0.25) is 10.0 Å². The predicted molar refractivity (Wildman–Crippen MR) is 97.2 cm³/mol. The van der Waals surface area contributed by atoms with Gasteiger partial charge in [0.2, 0.25) is 6.10 Å². The van der Waals surface area contributed by atoms with Crippen molar-refractivity contribution in [3.63, 3.8) is 0 Å². The van der Waals surface area contributed by atoms with Crippen molar-refractivity contribution in [2.24, 2.45) is 0 Å². The van der Waals surface area contributed by atoms with Crippen LogP contribution in [0.25, 0.3) is 11.0 Å². The molecule has 7 heteroatoms. The van der Waals surface area contributed by atoms with E-state index in [1.54, 1.807) is 42.5 Å². The molecule has 2 heterocycles. The molecule has 132 valence electrons. The SMILES string of the molecule is COC(=O)[C@@H]1Oc2c(c(=O)oc3ccccc23)[C@@H]1c1ccc(Cl)c(Cl)c1. The molecule has 0 radical (unpaired) electrons. The molecule has 1 aliphatic rings. The third-order valence-corrected chi connectivity index (χ3v) is 5.13. The van der Waals surface area contributed by atoms with E-state index in [0.29, 0.717) is 32.3 Å². The zero-order valence-electron chi connectivity index (χ0n) is 13.5. The van der Waals surface area contributed by atoms with Crippen molar-refractivity contribution >= 4 is 40.1 Å². The minimum Gasteiger partial charge on any atom is -0.476 e. The first-order valence-corrected chi connectivity index (χ1v) is 8.52. The van der Waals surface area contributed by atoms with Crippen molar-refractivity contribution in [3.8, 4) is 5.75 Å². The topological polar surface area (TPSA) is 65.7 Å². The summed E-state index contributed by atoms with van der Waals surface area (Å²) in [5.74, 6) is -0.989. The Labute approximate surface area is 158 Å². The number of hydrogen-bond donors (Lipinski definition) is 0. The highest BCUT2D eigenvalue weighted by Gasteiger charge is 2.45. The van der Waals surface area contributed by atoms with Gasteiger partial charge in [0.15, 0.2) is 0 Å². The van der Waals surface area contributed by atoms with Crippen molar-refractivity contribution in [1.82, 2.24) is 0 Å². The number of carbonyl (C=O) groups is 1. The first-order chi connectivity index (χ1) is 12.5. The molecular formula is C19H12Cl2O5. The summed E-state index contributed by atoms with van der Waals surface area (Å²) >= 11 is 12.1. The lowest BCUT2D eigenvalue weighted by molar-refractivity contribution is -0.148. The Morgan fingerprint density at radius 2 is 1.88 bits per heavy atom. The molecule has 2 atom stereocenters. The summed E-state index contributed by atoms with van der Waals surface area (Å²) in [4.78, 5) is 25.0. The third-order valence-electron chi connectivity index (χ3n) is 4.39. The van der Waals surface area contributed by atoms with Gasteiger partial charge in [0, 0.05) is 0 Å². The first kappa shape index (κ1) is 16.9. The van der Waals surface area contributed by atoms with Gasteiger partial charge < -0.3 is 13.9 Å². The van der Waals surface area contributed by atoms with Gasteiger partial charge in [0.25, 0.3) is 0 Å². The number of carbonyl (C=O) groups excluding carboxylic acids is 1. The number of esters is 1. The van der Waals surface area contributed by atoms with Gasteiger partial charge in [-0.1, -0.05) is 41.4 Å². The highest BCUT2D eigenvalue weighted by Crippen LogP contribution is 2.45. The van der Waals surface area contributed by atoms with Gasteiger partial charge in [-0.15, -0.1) is 0 Å². The van der Waals surface area contributed by atoms with Crippen LogP contribution >= 0.6 is 23.2 Å². The van der Waals surface area contributed by atoms with Crippen molar-refractivity contribution in [2.75, 3.05) is 7.11 Å². The fourth-order valence-electron chi connectivity index (χ4n) is 3.23. The monoisotopic (exact) mass is 390 g/mol. The van der Waals surface area contributed by atoms with Crippen LogP contribution in [0.15, 0.2) is 51.7 Å². The molecule has 0 fully saturated rings. The molecule has 1 aromatic heterocycles. The predicted octanol–water partition coefficient (Wildman–Crippen LogP) is 4.17. The first-order valence-electron chi connectivity index (χ1n) is 7.76. The Balaban J connectivity index is 1.99. The van der Waals surface area contributed by atoms with Crippen molar-refractivity contribution in [2.45, 2.75) is 12.0 Å². The van der Waals surface area contributed by atoms with E-state index in [9.17, 15) is 9.59 Å². The molecule has 3 aromatic rings. The van der Waals surface area contributed by atoms with E-state index in [2.05, 4.69) is 0 Å². The molecule has 0 N–H and O–H groups in total. The zero-order chi connectivity index (χ0) is 18.4. The van der Waals surface area contributed by atoms with Crippen LogP contribution in [0.1, 0.15) is 17.0 Å². The molecule has 5 nitrogen and oxygen atoms in total. The average molecular weight is 391 g/mol. The molecule has 0 saturated carbocycles. The fourth-order valence-corrected chi connectivity index (χ4v) is 3.53. The molecule has 0 bridgehead atoms. The highest BCUT2D eigenvalue weighted by molar-refractivity contribution is 6.42. The van der Waals surface area contributed by atoms with Gasteiger partial charge in [0.1, 0.15) is 11.3 Å². The van der Waals surface area contributed by atoms with E-state index >= 15 is 0 Å². The lowest BCUT2D eigenvalue weighted by atomic mass is 9.88. The number of halogens is 2. The fraction of sp³-hybridized carbons (Fsp3) is 0.158. The zero-order valence-corrected chi connectivity index (χ0v) is 15.0. The Morgan fingerprint density at radius 1 is 1.12 bits per heavy atom. The van der Waals surface area contributed by atoms with E-state index in [-0.39, 0.29) is 5.56 Å². The summed E-state index contributed by atoms with van der Waals surface area (Å²) in [6, 6.07) is 11.9. The summed E-state index contributed by atoms with van der Waals surface area (Å²) in [7, 11) is 1.27. The van der Waals surface area contributed by atoms with E-state index in [0.717, 1.165) is 0 Å². The van der Waals surface area contributed by atoms with Gasteiger partial charge in [-0.05, 0) is 29.8 Å². The molecule has 0 amide bonds. The van der Waals surface area contributed by atoms with Crippen molar-refractivity contribution in [3.05, 3.63) is 74.1 Å². The minimum atomic E-state index is -1.03. The number of hydrogen-bond acceptors (Lipinski definition) is 5. The Hall–Kier alpha value is -2.50. The molecule has 0 saturated heterocycles. The van der Waals surface area contributed by atoms with Gasteiger partial charge in [-0.3, -0.25) is 0 Å². The summed E-state index contributed by atoms with van der Waals surface area (Å²) in [6.45, 7) is 0. The number of benzene rings is 2. The van der Waals surface area contributed by atoms with Crippen LogP contribution in [0.5, 0.6) is 5.75 Å². The summed E-state index contributed by atoms with van der Waals surface area (Å²) < 4.78 is 16.2. The smallest absolute Gasteiger partial charge is 0.348 e. The second-order valence-electron chi connectivity index (χ2n) is 5.84. The number of ether oxygens (including phenoxy) is 2. The highest BCUT2D eigenvalue weighted by atomic mass is 35.5. The quantitative estimate of drug-likeness (QED) is 0.485. The van der Waals surface area contributed by atoms with Crippen molar-refractivity contribution in [1.29, 1.82) is 0 Å². The Kier molecular flexibility index (Phi) is 4.13. The molecule has 0 aliphatic carbocycles. The van der Waals surface area contributed by atoms with Crippen LogP contribution in [0.4, 0.5) is 0 Å². The molecule has 2 aromatic carbocycles. The molecule has 26 heavy (non-hydrogen) atoms. The second kappa shape index (κ2) is 6.34. The van der Waals surface area contributed by atoms with E-state index in [4.69, 9.17) is 37.1 Å². The summed E-state index contributed by atoms with van der Waals surface area (Å²) in [6.07, 6.45) is -1.03. The molecule has 0 spiro atoms. The van der Waals surface area contributed by atoms with Crippen LogP contribution in [-0.2, 0) is 9.53 Å². The maximum absolute atomic E-state index is 12.7. The summed E-state index contributed by atoms with van der Waals surface area (Å²) in [5, 5.41) is 1.29. The maximum Gasteiger partial charge on any atom is 0.348 e. The maximum atomic E-state index is 12.7. The van der Waals surface area contributed by atoms with Crippen molar-refractivity contribution < 1.29 is 18.7 Å². The second-order valence-corrected chi connectivity index (χ2v) is 6.66. The average Bonchev–Trinajstić information content (AvgIpc) is 3.05. The minimum absolute atomic E-state index is 0.262. The number of rotatable bonds is 2. The van der Waals surface area contributed by atoms with Crippen LogP contribution < -0.4 is 10.4 Å². The van der Waals surface area contributed by atoms with Crippen LogP contribution in [0.3, 0.4) is 0 Å². The van der Waals surface area contributed by atoms with Gasteiger partial charge in [-0.2, -0.15) is 0 Å². The van der Waals surface area contributed by atoms with E-state index in [1.807, 2.05) is 0 Å².